The van der Waals surface area contributed by atoms with Gasteiger partial charge in [-0.05, 0) is 12.1 Å². The Hall–Kier alpha value is -1.20. The largest absolute Gasteiger partial charge is 0.325 e. The van der Waals surface area contributed by atoms with Crippen molar-refractivity contribution in [1.29, 1.82) is 0 Å². The summed E-state index contributed by atoms with van der Waals surface area (Å²) in [5, 5.41) is 7.70. The fourth-order valence-electron chi connectivity index (χ4n) is 1.35. The first-order valence-corrected chi connectivity index (χ1v) is 4.88. The summed E-state index contributed by atoms with van der Waals surface area (Å²) in [5.74, 6) is 0. The Morgan fingerprint density at radius 3 is 2.93 bits per heavy atom. The lowest BCUT2D eigenvalue weighted by molar-refractivity contribution is 0.900. The van der Waals surface area contributed by atoms with E-state index in [9.17, 15) is 4.79 Å². The third-order valence-electron chi connectivity index (χ3n) is 2.02. The third kappa shape index (κ3) is 1.44. The van der Waals surface area contributed by atoms with Crippen LogP contribution < -0.4 is 11.3 Å². The van der Waals surface area contributed by atoms with Gasteiger partial charge in [-0.25, -0.2) is 5.10 Å². The van der Waals surface area contributed by atoms with Gasteiger partial charge < -0.3 is 5.73 Å². The molecule has 3 N–H and O–H groups in total. The summed E-state index contributed by atoms with van der Waals surface area (Å²) in [7, 11) is 0. The highest BCUT2D eigenvalue weighted by Gasteiger charge is 2.04. The average Bonchev–Trinajstić information content (AvgIpc) is 2.19. The van der Waals surface area contributed by atoms with Crippen molar-refractivity contribution in [3.8, 4) is 0 Å². The van der Waals surface area contributed by atoms with Gasteiger partial charge >= 0.3 is 0 Å². The van der Waals surface area contributed by atoms with Gasteiger partial charge in [-0.2, -0.15) is 5.10 Å². The molecule has 0 radical (unpaired) electrons. The molecular weight excluding hydrogens is 246 g/mol. The van der Waals surface area contributed by atoms with Gasteiger partial charge in [0.2, 0.25) is 0 Å². The second-order valence-electron chi connectivity index (χ2n) is 2.89. The molecule has 0 fully saturated rings. The zero-order valence-electron chi connectivity index (χ0n) is 7.25. The molecule has 0 unspecified atom stereocenters. The first-order chi connectivity index (χ1) is 6.72. The number of nitrogens with one attached hydrogen (secondary N) is 1. The molecule has 0 aliphatic heterocycles. The predicted octanol–water partition coefficient (Wildman–Crippen LogP) is 1.14. The summed E-state index contributed by atoms with van der Waals surface area (Å²) in [6.45, 7) is 0.314. The maximum atomic E-state index is 11.4. The lowest BCUT2D eigenvalue weighted by atomic mass is 10.1. The lowest BCUT2D eigenvalue weighted by Gasteiger charge is -2.01. The van der Waals surface area contributed by atoms with E-state index < -0.39 is 0 Å². The van der Waals surface area contributed by atoms with Crippen molar-refractivity contribution in [2.24, 2.45) is 5.73 Å². The quantitative estimate of drug-likeness (QED) is 0.801. The average molecular weight is 254 g/mol. The maximum Gasteiger partial charge on any atom is 0.272 e. The van der Waals surface area contributed by atoms with E-state index in [1.165, 1.54) is 0 Å². The Bertz CT molecular complexity index is 535. The number of nitrogens with two attached hydrogens (primary N) is 1. The molecule has 1 aromatic carbocycles. The van der Waals surface area contributed by atoms with Crippen LogP contribution in [0.3, 0.4) is 0 Å². The first-order valence-electron chi connectivity index (χ1n) is 4.09. The number of nitrogens with zero attached hydrogens (tertiary/aromatic N) is 1. The number of hydrogen-bond acceptors (Lipinski definition) is 3. The highest BCUT2D eigenvalue weighted by Crippen LogP contribution is 2.18. The highest BCUT2D eigenvalue weighted by molar-refractivity contribution is 9.10. The Kier molecular flexibility index (Phi) is 2.35. The zero-order chi connectivity index (χ0) is 10.1. The maximum absolute atomic E-state index is 11.4. The monoisotopic (exact) mass is 253 g/mol. The van der Waals surface area contributed by atoms with Crippen molar-refractivity contribution in [3.05, 3.63) is 38.7 Å². The van der Waals surface area contributed by atoms with E-state index in [0.29, 0.717) is 17.6 Å². The summed E-state index contributed by atoms with van der Waals surface area (Å²) in [6, 6.07) is 5.46. The Morgan fingerprint density at radius 1 is 1.43 bits per heavy atom. The second kappa shape index (κ2) is 3.51. The second-order valence-corrected chi connectivity index (χ2v) is 3.81. The van der Waals surface area contributed by atoms with E-state index in [0.717, 1.165) is 9.86 Å². The fraction of sp³-hybridized carbons (Fsp3) is 0.111. The molecule has 14 heavy (non-hydrogen) atoms. The van der Waals surface area contributed by atoms with Gasteiger partial charge in [0, 0.05) is 16.4 Å². The molecule has 5 heteroatoms. The Morgan fingerprint density at radius 2 is 2.21 bits per heavy atom. The summed E-state index contributed by atoms with van der Waals surface area (Å²) in [5.41, 5.74) is 6.01. The van der Waals surface area contributed by atoms with E-state index in [4.69, 9.17) is 5.73 Å². The van der Waals surface area contributed by atoms with Gasteiger partial charge in [-0.1, -0.05) is 22.0 Å². The molecule has 4 nitrogen and oxygen atoms in total. The molecule has 1 heterocycles. The van der Waals surface area contributed by atoms with E-state index in [1.807, 2.05) is 12.1 Å². The first kappa shape index (κ1) is 9.36. The van der Waals surface area contributed by atoms with Crippen LogP contribution in [0.2, 0.25) is 0 Å². The van der Waals surface area contributed by atoms with Gasteiger partial charge in [-0.3, -0.25) is 4.79 Å². The minimum atomic E-state index is -0.196. The van der Waals surface area contributed by atoms with E-state index >= 15 is 0 Å². The van der Waals surface area contributed by atoms with Crippen molar-refractivity contribution in [3.63, 3.8) is 0 Å². The molecule has 1 aromatic heterocycles. The van der Waals surface area contributed by atoms with Crippen LogP contribution in [0, 0.1) is 0 Å². The number of rotatable bonds is 1. The Labute approximate surface area is 88.3 Å². The molecule has 0 aliphatic carbocycles. The van der Waals surface area contributed by atoms with Crippen LogP contribution in [0.1, 0.15) is 5.69 Å². The van der Waals surface area contributed by atoms with Gasteiger partial charge in [0.1, 0.15) is 0 Å². The molecule has 0 saturated heterocycles. The number of H-pyrrole nitrogens is 1. The van der Waals surface area contributed by atoms with Crippen LogP contribution in [-0.2, 0) is 6.54 Å². The number of benzene rings is 1. The van der Waals surface area contributed by atoms with Crippen molar-refractivity contribution in [2.45, 2.75) is 6.54 Å². The normalized spacial score (nSPS) is 10.7. The topological polar surface area (TPSA) is 71.8 Å². The fourth-order valence-corrected chi connectivity index (χ4v) is 1.71. The van der Waals surface area contributed by atoms with Crippen LogP contribution in [0.4, 0.5) is 0 Å². The molecule has 0 spiro atoms. The predicted molar refractivity (Wildman–Crippen MR) is 58.0 cm³/mol. The van der Waals surface area contributed by atoms with Crippen molar-refractivity contribution < 1.29 is 0 Å². The van der Waals surface area contributed by atoms with Gasteiger partial charge in [0.15, 0.2) is 0 Å². The number of aromatic nitrogens is 2. The SMILES string of the molecule is NCc1n[nH]c(=O)c2cc(Br)ccc12. The molecule has 0 amide bonds. The van der Waals surface area contributed by atoms with Crippen LogP contribution in [0.15, 0.2) is 27.5 Å². The smallest absolute Gasteiger partial charge is 0.272 e. The van der Waals surface area contributed by atoms with Crippen molar-refractivity contribution in [2.75, 3.05) is 0 Å². The van der Waals surface area contributed by atoms with Crippen LogP contribution in [0.5, 0.6) is 0 Å². The summed E-state index contributed by atoms with van der Waals surface area (Å²) >= 11 is 3.31. The molecular formula is C9H8BrN3O. The molecule has 0 saturated carbocycles. The highest BCUT2D eigenvalue weighted by atomic mass is 79.9. The lowest BCUT2D eigenvalue weighted by Crippen LogP contribution is -2.13. The Balaban J connectivity index is 2.91. The molecule has 0 atom stereocenters. The molecule has 0 aliphatic rings. The van der Waals surface area contributed by atoms with Gasteiger partial charge in [0.05, 0.1) is 11.1 Å². The molecule has 2 rings (SSSR count). The molecule has 2 aromatic rings. The summed E-state index contributed by atoms with van der Waals surface area (Å²) < 4.78 is 0.865. The number of hydrogen-bond donors (Lipinski definition) is 2. The number of halogens is 1. The minimum Gasteiger partial charge on any atom is -0.325 e. The van der Waals surface area contributed by atoms with E-state index in [-0.39, 0.29) is 5.56 Å². The van der Waals surface area contributed by atoms with E-state index in [2.05, 4.69) is 26.1 Å². The van der Waals surface area contributed by atoms with E-state index in [1.54, 1.807) is 6.07 Å². The van der Waals surface area contributed by atoms with Crippen LogP contribution in [0.25, 0.3) is 10.8 Å². The number of aromatic amines is 1. The number of fused-ring (bicyclic) bond motifs is 1. The van der Waals surface area contributed by atoms with Crippen LogP contribution in [-0.4, -0.2) is 10.2 Å². The zero-order valence-corrected chi connectivity index (χ0v) is 8.84. The van der Waals surface area contributed by atoms with Crippen molar-refractivity contribution >= 4 is 26.7 Å². The van der Waals surface area contributed by atoms with Crippen molar-refractivity contribution in [1.82, 2.24) is 10.2 Å². The summed E-state index contributed by atoms with van der Waals surface area (Å²) in [4.78, 5) is 11.4. The van der Waals surface area contributed by atoms with Gasteiger partial charge in [-0.15, -0.1) is 0 Å². The third-order valence-corrected chi connectivity index (χ3v) is 2.52. The summed E-state index contributed by atoms with van der Waals surface area (Å²) in [6.07, 6.45) is 0. The standard InChI is InChI=1S/C9H8BrN3O/c10-5-1-2-6-7(3-5)9(14)13-12-8(6)4-11/h1-3H,4,11H2,(H,13,14). The van der Waals surface area contributed by atoms with Gasteiger partial charge in [0.25, 0.3) is 5.56 Å². The molecule has 0 bridgehead atoms. The van der Waals surface area contributed by atoms with Crippen LogP contribution >= 0.6 is 15.9 Å². The minimum absolute atomic E-state index is 0.196. The molecule has 72 valence electrons.